The van der Waals surface area contributed by atoms with Gasteiger partial charge >= 0.3 is 12.1 Å². The fraction of sp³-hybridized carbons (Fsp3) is 0.316. The van der Waals surface area contributed by atoms with E-state index in [1.807, 2.05) is 0 Å². The van der Waals surface area contributed by atoms with Crippen molar-refractivity contribution in [1.29, 1.82) is 5.26 Å². The highest BCUT2D eigenvalue weighted by molar-refractivity contribution is 5.56. The number of alkyl halides is 5. The van der Waals surface area contributed by atoms with Crippen LogP contribution in [-0.4, -0.2) is 31.1 Å². The smallest absolute Gasteiger partial charge is 0.453 e. The highest BCUT2D eigenvalue weighted by atomic mass is 18.5. The Morgan fingerprint density at radius 1 is 1.04 bits per heavy atom. The van der Waals surface area contributed by atoms with Crippen molar-refractivity contribution >= 4 is 5.69 Å². The van der Waals surface area contributed by atoms with E-state index in [1.165, 1.54) is 0 Å². The minimum Gasteiger partial charge on any atom is -0.455 e. The van der Waals surface area contributed by atoms with Gasteiger partial charge in [-0.05, 0) is 43.9 Å². The van der Waals surface area contributed by atoms with Crippen molar-refractivity contribution in [3.8, 4) is 17.6 Å². The normalized spacial score (nSPS) is 12.1. The van der Waals surface area contributed by atoms with E-state index in [0.29, 0.717) is 11.3 Å². The summed E-state index contributed by atoms with van der Waals surface area (Å²) in [6.07, 6.45) is -7.34. The van der Waals surface area contributed by atoms with Crippen molar-refractivity contribution in [2.75, 3.05) is 19.8 Å². The predicted molar refractivity (Wildman–Crippen MR) is 94.2 cm³/mol. The van der Waals surface area contributed by atoms with Gasteiger partial charge < -0.3 is 15.4 Å². The van der Waals surface area contributed by atoms with Crippen LogP contribution >= 0.6 is 0 Å². The number of halogens is 5. The molecule has 0 aliphatic carbocycles. The third-order valence-corrected chi connectivity index (χ3v) is 3.86. The highest BCUT2D eigenvalue weighted by Gasteiger charge is 2.57. The molecule has 0 amide bonds. The monoisotopic (exact) mass is 394 g/mol. The van der Waals surface area contributed by atoms with Gasteiger partial charge in [0.2, 0.25) is 0 Å². The zero-order valence-corrected chi connectivity index (χ0v) is 15.1. The number of rotatable bonds is 6. The summed E-state index contributed by atoms with van der Waals surface area (Å²) in [5.41, 5.74) is 5.75. The molecule has 0 saturated carbocycles. The van der Waals surface area contributed by atoms with Crippen LogP contribution in [0.15, 0.2) is 36.4 Å². The van der Waals surface area contributed by atoms with Crippen LogP contribution in [0.3, 0.4) is 0 Å². The van der Waals surface area contributed by atoms with Gasteiger partial charge in [-0.2, -0.15) is 27.2 Å². The van der Waals surface area contributed by atoms with Crippen LogP contribution in [0.2, 0.25) is 0 Å². The van der Waals surface area contributed by atoms with Gasteiger partial charge in [-0.1, -0.05) is 12.1 Å². The van der Waals surface area contributed by atoms with Crippen molar-refractivity contribution in [3.05, 3.63) is 53.1 Å². The molecular weight excluding hydrogens is 376 g/mol. The first-order chi connectivity index (χ1) is 12.9. The number of benzene rings is 2. The molecule has 0 radical (unpaired) electrons. The number of hydrogen-bond acceptors (Lipinski definition) is 4. The standard InChI is InChI=1S/C19H18F5N3O/c1-27(2)11-14-7-12(9-18(20,21)19(22,23)24)13(10-25)8-17(14)28-16-6-4-3-5-15(16)26/h3-8H,9,11,26H2,1-2H3/i20-1,21-1,22-1,23-1,24-1. The first-order valence-electron chi connectivity index (χ1n) is 8.12. The molecule has 0 spiro atoms. The molecule has 2 N–H and O–H groups in total. The number of nitrogens with two attached hydrogens (primary N) is 1. The third kappa shape index (κ3) is 4.89. The molecule has 0 heterocycles. The van der Waals surface area contributed by atoms with E-state index in [9.17, 15) is 27.2 Å². The summed E-state index contributed by atoms with van der Waals surface area (Å²) in [5.74, 6) is -4.53. The van der Waals surface area contributed by atoms with Crippen molar-refractivity contribution < 1.29 is 26.7 Å². The van der Waals surface area contributed by atoms with Gasteiger partial charge in [0.05, 0.1) is 17.3 Å². The van der Waals surface area contributed by atoms with Crippen molar-refractivity contribution in [3.63, 3.8) is 0 Å². The molecule has 4 nitrogen and oxygen atoms in total. The summed E-state index contributed by atoms with van der Waals surface area (Å²) in [4.78, 5) is 1.69. The molecule has 0 atom stereocenters. The van der Waals surface area contributed by atoms with Crippen LogP contribution < -0.4 is 10.5 Å². The van der Waals surface area contributed by atoms with E-state index in [2.05, 4.69) is 0 Å². The molecule has 2 aromatic carbocycles. The average Bonchev–Trinajstić information content (AvgIpc) is 2.57. The van der Waals surface area contributed by atoms with E-state index >= 15 is 0 Å². The minimum atomic E-state index is -5.71. The molecule has 28 heavy (non-hydrogen) atoms. The maximum Gasteiger partial charge on any atom is 0.453 e. The Morgan fingerprint density at radius 2 is 1.68 bits per heavy atom. The van der Waals surface area contributed by atoms with E-state index in [0.717, 1.165) is 12.1 Å². The van der Waals surface area contributed by atoms with Crippen LogP contribution in [0.5, 0.6) is 11.5 Å². The van der Waals surface area contributed by atoms with Gasteiger partial charge in [0.25, 0.3) is 0 Å². The lowest BCUT2D eigenvalue weighted by Gasteiger charge is -2.22. The second-order valence-corrected chi connectivity index (χ2v) is 6.49. The van der Waals surface area contributed by atoms with Gasteiger partial charge in [-0.3, -0.25) is 0 Å². The first kappa shape index (κ1) is 21.4. The quantitative estimate of drug-likeness (QED) is 0.568. The number of nitrogens with zero attached hydrogens (tertiary/aromatic N) is 2. The Labute approximate surface area is 158 Å². The van der Waals surface area contributed by atoms with Crippen LogP contribution in [0, 0.1) is 11.3 Å². The fourth-order valence-corrected chi connectivity index (χ4v) is 2.52. The second kappa shape index (κ2) is 8.02. The SMILES string of the molecule is CN(C)Cc1cc(CC([18F])([18F])C([18F])([18F])[18F])c(C#N)cc1Oc1ccccc1N. The first-order valence-corrected chi connectivity index (χ1v) is 8.12. The molecule has 0 bridgehead atoms. The summed E-state index contributed by atoms with van der Waals surface area (Å²) >= 11 is 0. The molecule has 0 saturated heterocycles. The lowest BCUT2D eigenvalue weighted by Crippen LogP contribution is -2.38. The predicted octanol–water partition coefficient (Wildman–Crippen LogP) is 4.73. The summed E-state index contributed by atoms with van der Waals surface area (Å²) in [6, 6.07) is 10.5. The second-order valence-electron chi connectivity index (χ2n) is 6.49. The fourth-order valence-electron chi connectivity index (χ4n) is 2.52. The molecule has 0 aromatic heterocycles. The summed E-state index contributed by atoms with van der Waals surface area (Å²) in [6.45, 7) is 0.193. The number of nitriles is 1. The molecule has 150 valence electrons. The maximum absolute atomic E-state index is 13.5. The van der Waals surface area contributed by atoms with Crippen LogP contribution in [-0.2, 0) is 13.0 Å². The molecule has 0 fully saturated rings. The van der Waals surface area contributed by atoms with E-state index < -0.39 is 24.1 Å². The molecule has 0 aliphatic heterocycles. The van der Waals surface area contributed by atoms with Gasteiger partial charge in [-0.15, -0.1) is 0 Å². The van der Waals surface area contributed by atoms with Crippen molar-refractivity contribution in [2.24, 2.45) is 0 Å². The Kier molecular flexibility index (Phi) is 6.14. The van der Waals surface area contributed by atoms with Crippen LogP contribution in [0.4, 0.5) is 27.6 Å². The number of anilines is 1. The zero-order valence-electron chi connectivity index (χ0n) is 15.1. The Bertz CT molecular complexity index is 888. The highest BCUT2D eigenvalue weighted by Crippen LogP contribution is 2.40. The van der Waals surface area contributed by atoms with Gasteiger partial charge in [0.15, 0.2) is 0 Å². The lowest BCUT2D eigenvalue weighted by molar-refractivity contribution is -0.281. The van der Waals surface area contributed by atoms with Crippen molar-refractivity contribution in [2.45, 2.75) is 25.1 Å². The Balaban J connectivity index is 2.52. The number of nitrogen functional groups attached to an aromatic ring is 1. The molecule has 2 aromatic rings. The summed E-state index contributed by atoms with van der Waals surface area (Å²) < 4.78 is 70.6. The Morgan fingerprint density at radius 3 is 2.21 bits per heavy atom. The number of ether oxygens (including phenoxy) is 1. The molecular formula is C19H18F5N3O. The van der Waals surface area contributed by atoms with E-state index in [1.54, 1.807) is 49.3 Å². The van der Waals surface area contributed by atoms with Crippen LogP contribution in [0.1, 0.15) is 16.7 Å². The maximum atomic E-state index is 13.5. The van der Waals surface area contributed by atoms with Crippen molar-refractivity contribution in [1.82, 2.24) is 4.90 Å². The van der Waals surface area contributed by atoms with Gasteiger partial charge in [0.1, 0.15) is 11.5 Å². The average molecular weight is 394 g/mol. The topological polar surface area (TPSA) is 62.3 Å². The molecule has 9 heteroatoms. The number of hydrogen-bond donors (Lipinski definition) is 1. The van der Waals surface area contributed by atoms with E-state index in [4.69, 9.17) is 10.5 Å². The summed E-state index contributed by atoms with van der Waals surface area (Å²) in [7, 11) is 3.39. The lowest BCUT2D eigenvalue weighted by atomic mass is 9.97. The van der Waals surface area contributed by atoms with Gasteiger partial charge in [-0.25, -0.2) is 0 Å². The van der Waals surface area contributed by atoms with E-state index in [-0.39, 0.29) is 23.6 Å². The molecule has 2 rings (SSSR count). The molecule has 0 aliphatic rings. The Hall–Kier alpha value is -2.86. The number of para-hydroxylation sites is 2. The third-order valence-electron chi connectivity index (χ3n) is 3.86. The zero-order chi connectivity index (χ0) is 21.1. The minimum absolute atomic E-state index is 0.155. The largest absolute Gasteiger partial charge is 0.455 e. The summed E-state index contributed by atoms with van der Waals surface area (Å²) in [5, 5.41) is 9.27. The van der Waals surface area contributed by atoms with Crippen LogP contribution in [0.25, 0.3) is 0 Å². The van der Waals surface area contributed by atoms with Gasteiger partial charge in [0, 0.05) is 18.5 Å². The molecule has 0 unspecified atom stereocenters.